The van der Waals surface area contributed by atoms with Gasteiger partial charge in [0, 0.05) is 12.1 Å². The predicted molar refractivity (Wildman–Crippen MR) is 73.6 cm³/mol. The lowest BCUT2D eigenvalue weighted by molar-refractivity contribution is 0.182. The Hall–Kier alpha value is -1.87. The maximum absolute atomic E-state index is 13.7. The van der Waals surface area contributed by atoms with E-state index < -0.39 is 0 Å². The van der Waals surface area contributed by atoms with Crippen molar-refractivity contribution < 1.29 is 9.13 Å². The summed E-state index contributed by atoms with van der Waals surface area (Å²) in [5.41, 5.74) is 8.40. The Morgan fingerprint density at radius 2 is 2.00 bits per heavy atom. The lowest BCUT2D eigenvalue weighted by Crippen LogP contribution is -2.30. The number of halogens is 1. The highest BCUT2D eigenvalue weighted by atomic mass is 19.1. The van der Waals surface area contributed by atoms with E-state index in [-0.39, 0.29) is 11.9 Å². The Morgan fingerprint density at radius 1 is 1.21 bits per heavy atom. The van der Waals surface area contributed by atoms with E-state index in [0.717, 1.165) is 35.3 Å². The summed E-state index contributed by atoms with van der Waals surface area (Å²) in [5.74, 6) is 0.571. The fraction of sp³-hybridized carbons (Fsp3) is 0.250. The van der Waals surface area contributed by atoms with E-state index in [1.807, 2.05) is 30.3 Å². The van der Waals surface area contributed by atoms with Crippen LogP contribution >= 0.6 is 0 Å². The van der Waals surface area contributed by atoms with E-state index in [1.54, 1.807) is 6.07 Å². The summed E-state index contributed by atoms with van der Waals surface area (Å²) in [6.07, 6.45) is 1.69. The lowest BCUT2D eigenvalue weighted by atomic mass is 9.95. The van der Waals surface area contributed by atoms with Gasteiger partial charge in [-0.15, -0.1) is 0 Å². The van der Waals surface area contributed by atoms with Gasteiger partial charge < -0.3 is 10.5 Å². The minimum atomic E-state index is -0.215. The second kappa shape index (κ2) is 5.02. The normalized spacial score (nSPS) is 17.7. The summed E-state index contributed by atoms with van der Waals surface area (Å²) < 4.78 is 19.7. The fourth-order valence-electron chi connectivity index (χ4n) is 2.52. The highest BCUT2D eigenvalue weighted by molar-refractivity contribution is 5.72. The molecule has 2 nitrogen and oxygen atoms in total. The first-order valence-corrected chi connectivity index (χ1v) is 6.52. The zero-order valence-electron chi connectivity index (χ0n) is 10.6. The summed E-state index contributed by atoms with van der Waals surface area (Å²) in [6, 6.07) is 12.8. The molecule has 0 bridgehead atoms. The van der Waals surface area contributed by atoms with Crippen molar-refractivity contribution in [1.29, 1.82) is 0 Å². The molecule has 0 unspecified atom stereocenters. The highest BCUT2D eigenvalue weighted by Crippen LogP contribution is 2.38. The number of benzene rings is 2. The fourth-order valence-corrected chi connectivity index (χ4v) is 2.52. The molecule has 19 heavy (non-hydrogen) atoms. The van der Waals surface area contributed by atoms with Crippen LogP contribution in [0.4, 0.5) is 4.39 Å². The molecule has 1 heterocycles. The first-order valence-electron chi connectivity index (χ1n) is 6.52. The van der Waals surface area contributed by atoms with Crippen molar-refractivity contribution in [2.45, 2.75) is 18.9 Å². The topological polar surface area (TPSA) is 35.2 Å². The first-order chi connectivity index (χ1) is 9.28. The second-order valence-electron chi connectivity index (χ2n) is 4.82. The molecule has 1 aliphatic rings. The minimum absolute atomic E-state index is 0.0282. The molecule has 0 aromatic heterocycles. The Labute approximate surface area is 112 Å². The minimum Gasteiger partial charge on any atom is -0.488 e. The van der Waals surface area contributed by atoms with Crippen LogP contribution in [0.15, 0.2) is 42.5 Å². The van der Waals surface area contributed by atoms with Crippen LogP contribution in [0.3, 0.4) is 0 Å². The molecule has 1 atom stereocenters. The number of hydrogen-bond acceptors (Lipinski definition) is 2. The average molecular weight is 257 g/mol. The summed E-state index contributed by atoms with van der Waals surface area (Å²) in [4.78, 5) is 0. The van der Waals surface area contributed by atoms with Gasteiger partial charge in [-0.05, 0) is 36.1 Å². The quantitative estimate of drug-likeness (QED) is 0.897. The second-order valence-corrected chi connectivity index (χ2v) is 4.82. The SMILES string of the molecule is NC[C@H]1CCc2cc(F)cc(-c3ccccc3)c2O1. The molecule has 0 saturated heterocycles. The van der Waals surface area contributed by atoms with Gasteiger partial charge in [-0.2, -0.15) is 0 Å². The Balaban J connectivity index is 2.12. The van der Waals surface area contributed by atoms with Gasteiger partial charge >= 0.3 is 0 Å². The largest absolute Gasteiger partial charge is 0.488 e. The third-order valence-corrected chi connectivity index (χ3v) is 3.50. The molecule has 0 amide bonds. The van der Waals surface area contributed by atoms with Gasteiger partial charge in [0.25, 0.3) is 0 Å². The number of fused-ring (bicyclic) bond motifs is 1. The molecule has 0 radical (unpaired) electrons. The number of rotatable bonds is 2. The molecule has 2 N–H and O–H groups in total. The molecule has 2 aromatic rings. The zero-order valence-corrected chi connectivity index (χ0v) is 10.6. The van der Waals surface area contributed by atoms with Crippen molar-refractivity contribution in [3.8, 4) is 16.9 Å². The van der Waals surface area contributed by atoms with E-state index in [4.69, 9.17) is 10.5 Å². The Bertz CT molecular complexity index is 583. The summed E-state index contributed by atoms with van der Waals surface area (Å²) in [7, 11) is 0. The first kappa shape index (κ1) is 12.2. The zero-order chi connectivity index (χ0) is 13.2. The van der Waals surface area contributed by atoms with Crippen LogP contribution in [0, 0.1) is 5.82 Å². The van der Waals surface area contributed by atoms with Crippen LogP contribution in [-0.2, 0) is 6.42 Å². The molecule has 98 valence electrons. The predicted octanol–water partition coefficient (Wildman–Crippen LogP) is 3.15. The number of aryl methyl sites for hydroxylation is 1. The van der Waals surface area contributed by atoms with Crippen LogP contribution in [0.1, 0.15) is 12.0 Å². The van der Waals surface area contributed by atoms with Crippen molar-refractivity contribution in [1.82, 2.24) is 0 Å². The van der Waals surface area contributed by atoms with E-state index in [2.05, 4.69) is 0 Å². The van der Waals surface area contributed by atoms with E-state index >= 15 is 0 Å². The maximum Gasteiger partial charge on any atom is 0.131 e. The summed E-state index contributed by atoms with van der Waals surface area (Å²) in [5, 5.41) is 0. The van der Waals surface area contributed by atoms with Crippen molar-refractivity contribution in [2.24, 2.45) is 5.73 Å². The molecule has 0 fully saturated rings. The molecule has 1 aliphatic heterocycles. The van der Waals surface area contributed by atoms with Gasteiger partial charge in [0.05, 0.1) is 0 Å². The summed E-state index contributed by atoms with van der Waals surface area (Å²) in [6.45, 7) is 0.491. The standard InChI is InChI=1S/C16H16FNO/c17-13-8-12-6-7-14(10-18)19-16(12)15(9-13)11-4-2-1-3-5-11/h1-5,8-9,14H,6-7,10,18H2/t14-/m1/s1. The Kier molecular flexibility index (Phi) is 3.22. The van der Waals surface area contributed by atoms with Gasteiger partial charge in [-0.25, -0.2) is 4.39 Å². The molecule has 0 saturated carbocycles. The van der Waals surface area contributed by atoms with Gasteiger partial charge in [-0.3, -0.25) is 0 Å². The number of hydrogen-bond donors (Lipinski definition) is 1. The average Bonchev–Trinajstić information content (AvgIpc) is 2.47. The van der Waals surface area contributed by atoms with Gasteiger partial charge in [0.15, 0.2) is 0 Å². The summed E-state index contributed by atoms with van der Waals surface area (Å²) >= 11 is 0. The third-order valence-electron chi connectivity index (χ3n) is 3.50. The van der Waals surface area contributed by atoms with Crippen LogP contribution in [0.5, 0.6) is 5.75 Å². The van der Waals surface area contributed by atoms with Crippen molar-refractivity contribution in [3.05, 3.63) is 53.8 Å². The van der Waals surface area contributed by atoms with Crippen LogP contribution in [0.25, 0.3) is 11.1 Å². The maximum atomic E-state index is 13.7. The number of nitrogens with two attached hydrogens (primary N) is 1. The molecule has 3 rings (SSSR count). The molecular weight excluding hydrogens is 241 g/mol. The van der Waals surface area contributed by atoms with Crippen LogP contribution < -0.4 is 10.5 Å². The highest BCUT2D eigenvalue weighted by Gasteiger charge is 2.22. The van der Waals surface area contributed by atoms with E-state index in [0.29, 0.717) is 6.54 Å². The van der Waals surface area contributed by atoms with Gasteiger partial charge in [0.2, 0.25) is 0 Å². The van der Waals surface area contributed by atoms with Gasteiger partial charge in [0.1, 0.15) is 17.7 Å². The monoisotopic (exact) mass is 257 g/mol. The molecule has 0 spiro atoms. The number of ether oxygens (including phenoxy) is 1. The van der Waals surface area contributed by atoms with Crippen LogP contribution in [0.2, 0.25) is 0 Å². The van der Waals surface area contributed by atoms with Crippen molar-refractivity contribution in [2.75, 3.05) is 6.54 Å². The van der Waals surface area contributed by atoms with Crippen molar-refractivity contribution >= 4 is 0 Å². The molecule has 2 aromatic carbocycles. The molecular formula is C16H16FNO. The lowest BCUT2D eigenvalue weighted by Gasteiger charge is -2.27. The third kappa shape index (κ3) is 2.34. The molecule has 3 heteroatoms. The van der Waals surface area contributed by atoms with E-state index in [9.17, 15) is 4.39 Å². The smallest absolute Gasteiger partial charge is 0.131 e. The van der Waals surface area contributed by atoms with Gasteiger partial charge in [-0.1, -0.05) is 30.3 Å². The van der Waals surface area contributed by atoms with E-state index in [1.165, 1.54) is 6.07 Å². The molecule has 0 aliphatic carbocycles. The van der Waals surface area contributed by atoms with Crippen LogP contribution in [-0.4, -0.2) is 12.6 Å². The van der Waals surface area contributed by atoms with Crippen molar-refractivity contribution in [3.63, 3.8) is 0 Å². The Morgan fingerprint density at radius 3 is 2.74 bits per heavy atom.